The average Bonchev–Trinajstić information content (AvgIpc) is 3.10. The van der Waals surface area contributed by atoms with Crippen molar-refractivity contribution < 1.29 is 14.6 Å². The largest absolute Gasteiger partial charge is 0.478 e. The third-order valence-corrected chi connectivity index (χ3v) is 2.71. The van der Waals surface area contributed by atoms with Crippen LogP contribution in [0.15, 0.2) is 42.0 Å². The summed E-state index contributed by atoms with van der Waals surface area (Å²) >= 11 is 0. The molecule has 0 radical (unpaired) electrons. The van der Waals surface area contributed by atoms with Crippen LogP contribution in [0, 0.1) is 0 Å². The first kappa shape index (κ1) is 10.9. The standard InChI is InChI=1S/C13H14O3/c1-9(13(14)15)7-11(12-8-16-12)10-5-3-2-4-6-10/h2-7,11-12H,8H2,1H3,(H,14,15). The van der Waals surface area contributed by atoms with Gasteiger partial charge in [0.05, 0.1) is 12.7 Å². The van der Waals surface area contributed by atoms with E-state index in [4.69, 9.17) is 9.84 Å². The Kier molecular flexibility index (Phi) is 3.06. The Labute approximate surface area is 94.4 Å². The van der Waals surface area contributed by atoms with Gasteiger partial charge in [-0.15, -0.1) is 0 Å². The van der Waals surface area contributed by atoms with Crippen LogP contribution in [0.4, 0.5) is 0 Å². The minimum absolute atomic E-state index is 0.0531. The average molecular weight is 218 g/mol. The van der Waals surface area contributed by atoms with Crippen molar-refractivity contribution in [2.75, 3.05) is 6.61 Å². The molecule has 16 heavy (non-hydrogen) atoms. The maximum atomic E-state index is 10.8. The maximum absolute atomic E-state index is 10.8. The molecule has 84 valence electrons. The Morgan fingerprint density at radius 3 is 2.62 bits per heavy atom. The number of carbonyl (C=O) groups is 1. The first-order valence-corrected chi connectivity index (χ1v) is 5.27. The molecule has 2 unspecified atom stereocenters. The van der Waals surface area contributed by atoms with E-state index in [9.17, 15) is 4.79 Å². The van der Waals surface area contributed by atoms with Gasteiger partial charge in [0.25, 0.3) is 0 Å². The van der Waals surface area contributed by atoms with Gasteiger partial charge in [0.15, 0.2) is 0 Å². The second-order valence-electron chi connectivity index (χ2n) is 3.96. The Morgan fingerprint density at radius 2 is 2.12 bits per heavy atom. The van der Waals surface area contributed by atoms with Gasteiger partial charge in [-0.3, -0.25) is 0 Å². The van der Waals surface area contributed by atoms with Crippen LogP contribution in [0.3, 0.4) is 0 Å². The summed E-state index contributed by atoms with van der Waals surface area (Å²) in [4.78, 5) is 10.8. The molecule has 0 aromatic heterocycles. The van der Waals surface area contributed by atoms with E-state index in [1.807, 2.05) is 30.3 Å². The number of epoxide rings is 1. The van der Waals surface area contributed by atoms with Gasteiger partial charge in [-0.1, -0.05) is 36.4 Å². The summed E-state index contributed by atoms with van der Waals surface area (Å²) < 4.78 is 5.27. The maximum Gasteiger partial charge on any atom is 0.330 e. The molecular weight excluding hydrogens is 204 g/mol. The lowest BCUT2D eigenvalue weighted by atomic mass is 9.94. The van der Waals surface area contributed by atoms with E-state index in [1.165, 1.54) is 0 Å². The highest BCUT2D eigenvalue weighted by Crippen LogP contribution is 2.31. The van der Waals surface area contributed by atoms with Crippen LogP contribution < -0.4 is 0 Å². The Bertz CT molecular complexity index is 404. The summed E-state index contributed by atoms with van der Waals surface area (Å²) in [7, 11) is 0. The molecule has 2 rings (SSSR count). The smallest absolute Gasteiger partial charge is 0.330 e. The molecule has 1 aromatic carbocycles. The van der Waals surface area contributed by atoms with Gasteiger partial charge in [0.1, 0.15) is 0 Å². The van der Waals surface area contributed by atoms with Crippen LogP contribution in [0.25, 0.3) is 0 Å². The van der Waals surface area contributed by atoms with E-state index in [1.54, 1.807) is 13.0 Å². The van der Waals surface area contributed by atoms with E-state index in [0.29, 0.717) is 12.2 Å². The number of ether oxygens (including phenoxy) is 1. The van der Waals surface area contributed by atoms with Crippen molar-refractivity contribution in [2.24, 2.45) is 0 Å². The van der Waals surface area contributed by atoms with E-state index in [2.05, 4.69) is 0 Å². The van der Waals surface area contributed by atoms with Gasteiger partial charge in [-0.25, -0.2) is 4.79 Å². The molecule has 1 saturated heterocycles. The molecule has 1 N–H and O–H groups in total. The van der Waals surface area contributed by atoms with Crippen LogP contribution in [0.2, 0.25) is 0 Å². The lowest BCUT2D eigenvalue weighted by Crippen LogP contribution is -2.06. The molecule has 3 nitrogen and oxygen atoms in total. The van der Waals surface area contributed by atoms with Gasteiger partial charge < -0.3 is 9.84 Å². The normalized spacial score (nSPS) is 21.6. The summed E-state index contributed by atoms with van der Waals surface area (Å²) in [5.41, 5.74) is 1.47. The summed E-state index contributed by atoms with van der Waals surface area (Å²) in [6, 6.07) is 9.85. The van der Waals surface area contributed by atoms with E-state index < -0.39 is 5.97 Å². The molecule has 3 heteroatoms. The van der Waals surface area contributed by atoms with Crippen molar-refractivity contribution in [1.29, 1.82) is 0 Å². The van der Waals surface area contributed by atoms with Crippen molar-refractivity contribution in [3.05, 3.63) is 47.5 Å². The summed E-state index contributed by atoms with van der Waals surface area (Å²) in [5.74, 6) is -0.820. The monoisotopic (exact) mass is 218 g/mol. The van der Waals surface area contributed by atoms with Crippen LogP contribution in [0.1, 0.15) is 18.4 Å². The topological polar surface area (TPSA) is 49.8 Å². The molecule has 1 aliphatic rings. The molecule has 1 fully saturated rings. The Morgan fingerprint density at radius 1 is 1.50 bits per heavy atom. The van der Waals surface area contributed by atoms with Crippen LogP contribution >= 0.6 is 0 Å². The fraction of sp³-hybridized carbons (Fsp3) is 0.308. The zero-order valence-corrected chi connectivity index (χ0v) is 9.09. The zero-order chi connectivity index (χ0) is 11.5. The van der Waals surface area contributed by atoms with Gasteiger partial charge in [-0.05, 0) is 12.5 Å². The predicted octanol–water partition coefficient (Wildman–Crippen LogP) is 2.20. The van der Waals surface area contributed by atoms with Gasteiger partial charge in [0.2, 0.25) is 0 Å². The quantitative estimate of drug-likeness (QED) is 0.622. The molecule has 1 aliphatic heterocycles. The number of benzene rings is 1. The molecule has 1 aromatic rings. The second kappa shape index (κ2) is 4.49. The summed E-state index contributed by atoms with van der Waals surface area (Å²) in [6.07, 6.45) is 1.91. The van der Waals surface area contributed by atoms with Gasteiger partial charge >= 0.3 is 5.97 Å². The minimum atomic E-state index is -0.874. The predicted molar refractivity (Wildman–Crippen MR) is 60.3 cm³/mol. The number of hydrogen-bond donors (Lipinski definition) is 1. The lowest BCUT2D eigenvalue weighted by Gasteiger charge is -2.10. The zero-order valence-electron chi connectivity index (χ0n) is 9.09. The molecule has 0 saturated carbocycles. The van der Waals surface area contributed by atoms with Crippen molar-refractivity contribution in [3.8, 4) is 0 Å². The highest BCUT2D eigenvalue weighted by molar-refractivity contribution is 5.86. The third kappa shape index (κ3) is 2.49. The second-order valence-corrected chi connectivity index (χ2v) is 3.96. The number of hydrogen-bond acceptors (Lipinski definition) is 2. The Balaban J connectivity index is 2.25. The molecule has 0 bridgehead atoms. The number of aliphatic carboxylic acids is 1. The van der Waals surface area contributed by atoms with Crippen molar-refractivity contribution in [1.82, 2.24) is 0 Å². The molecule has 0 amide bonds. The van der Waals surface area contributed by atoms with E-state index in [-0.39, 0.29) is 12.0 Å². The van der Waals surface area contributed by atoms with Gasteiger partial charge in [-0.2, -0.15) is 0 Å². The summed E-state index contributed by atoms with van der Waals surface area (Å²) in [6.45, 7) is 2.32. The summed E-state index contributed by atoms with van der Waals surface area (Å²) in [5, 5.41) is 8.87. The highest BCUT2D eigenvalue weighted by Gasteiger charge is 2.32. The van der Waals surface area contributed by atoms with E-state index >= 15 is 0 Å². The number of carboxylic acid groups (broad SMARTS) is 1. The molecule has 1 heterocycles. The highest BCUT2D eigenvalue weighted by atomic mass is 16.6. The lowest BCUT2D eigenvalue weighted by molar-refractivity contribution is -0.132. The van der Waals surface area contributed by atoms with E-state index in [0.717, 1.165) is 5.56 Å². The van der Waals surface area contributed by atoms with Crippen LogP contribution in [0.5, 0.6) is 0 Å². The van der Waals surface area contributed by atoms with Crippen molar-refractivity contribution in [2.45, 2.75) is 18.9 Å². The minimum Gasteiger partial charge on any atom is -0.478 e. The van der Waals surface area contributed by atoms with Crippen molar-refractivity contribution >= 4 is 5.97 Å². The van der Waals surface area contributed by atoms with Crippen molar-refractivity contribution in [3.63, 3.8) is 0 Å². The SMILES string of the molecule is CC(=CC(c1ccccc1)C1CO1)C(=O)O. The molecule has 2 atom stereocenters. The van der Waals surface area contributed by atoms with Crippen LogP contribution in [-0.2, 0) is 9.53 Å². The number of rotatable bonds is 4. The first-order valence-electron chi connectivity index (χ1n) is 5.27. The van der Waals surface area contributed by atoms with Crippen LogP contribution in [-0.4, -0.2) is 23.8 Å². The third-order valence-electron chi connectivity index (χ3n) is 2.71. The molecule has 0 aliphatic carbocycles. The molecule has 0 spiro atoms. The van der Waals surface area contributed by atoms with Gasteiger partial charge in [0, 0.05) is 11.5 Å². The first-order chi connectivity index (χ1) is 7.68. The Hall–Kier alpha value is -1.61. The number of carboxylic acids is 1. The molecular formula is C13H14O3. The fourth-order valence-corrected chi connectivity index (χ4v) is 1.70. The fourth-order valence-electron chi connectivity index (χ4n) is 1.70.